The van der Waals surface area contributed by atoms with Crippen molar-refractivity contribution in [1.29, 1.82) is 0 Å². The van der Waals surface area contributed by atoms with E-state index in [-0.39, 0.29) is 5.91 Å². The molecule has 0 aliphatic carbocycles. The maximum Gasteiger partial charge on any atom is 0.255 e. The molecule has 1 saturated heterocycles. The van der Waals surface area contributed by atoms with Gasteiger partial charge in [-0.05, 0) is 42.8 Å². The molecule has 1 N–H and O–H groups in total. The van der Waals surface area contributed by atoms with Crippen LogP contribution < -0.4 is 10.2 Å². The molecule has 34 heavy (non-hydrogen) atoms. The molecule has 1 fully saturated rings. The summed E-state index contributed by atoms with van der Waals surface area (Å²) < 4.78 is 7.20. The van der Waals surface area contributed by atoms with Gasteiger partial charge in [-0.1, -0.05) is 54.1 Å². The highest BCUT2D eigenvalue weighted by molar-refractivity contribution is 6.00. The van der Waals surface area contributed by atoms with E-state index in [9.17, 15) is 4.79 Å². The van der Waals surface area contributed by atoms with Crippen molar-refractivity contribution in [2.24, 2.45) is 0 Å². The van der Waals surface area contributed by atoms with Gasteiger partial charge in [-0.25, -0.2) is 4.68 Å². The number of carbonyl (C=O) groups is 1. The van der Waals surface area contributed by atoms with Crippen LogP contribution in [0, 0.1) is 6.92 Å². The van der Waals surface area contributed by atoms with Gasteiger partial charge in [0.15, 0.2) is 0 Å². The molecular weight excluding hydrogens is 424 g/mol. The number of morpholine rings is 1. The number of amides is 1. The molecule has 1 aliphatic rings. The van der Waals surface area contributed by atoms with Crippen molar-refractivity contribution < 1.29 is 9.53 Å². The topological polar surface area (TPSA) is 59.4 Å². The van der Waals surface area contributed by atoms with Crippen molar-refractivity contribution >= 4 is 11.6 Å². The highest BCUT2D eigenvalue weighted by atomic mass is 16.5. The Kier molecular flexibility index (Phi) is 6.40. The van der Waals surface area contributed by atoms with E-state index < -0.39 is 0 Å². The molecule has 6 heteroatoms. The van der Waals surface area contributed by atoms with Crippen LogP contribution in [-0.4, -0.2) is 42.0 Å². The van der Waals surface area contributed by atoms with Crippen LogP contribution >= 0.6 is 0 Å². The van der Waals surface area contributed by atoms with Gasteiger partial charge in [0.2, 0.25) is 0 Å². The first kappa shape index (κ1) is 21.9. The normalized spacial score (nSPS) is 13.6. The van der Waals surface area contributed by atoms with E-state index in [4.69, 9.17) is 9.84 Å². The summed E-state index contributed by atoms with van der Waals surface area (Å²) in [5.41, 5.74) is 6.43. The van der Waals surface area contributed by atoms with Gasteiger partial charge in [0.1, 0.15) is 5.69 Å². The van der Waals surface area contributed by atoms with E-state index in [0.717, 1.165) is 48.7 Å². The molecule has 0 atom stereocenters. The summed E-state index contributed by atoms with van der Waals surface area (Å²) in [6, 6.07) is 26.3. The minimum absolute atomic E-state index is 0.143. The Labute approximate surface area is 199 Å². The molecule has 6 nitrogen and oxygen atoms in total. The third-order valence-corrected chi connectivity index (χ3v) is 6.04. The molecule has 3 aromatic carbocycles. The molecule has 0 spiro atoms. The van der Waals surface area contributed by atoms with Gasteiger partial charge in [0.05, 0.1) is 24.5 Å². The summed E-state index contributed by atoms with van der Waals surface area (Å²) in [6.07, 6.45) is 1.81. The number of carbonyl (C=O) groups excluding carboxylic acids is 1. The number of para-hydroxylation sites is 1. The zero-order valence-electron chi connectivity index (χ0n) is 19.3. The molecule has 2 heterocycles. The number of nitrogens with zero attached hydrogens (tertiary/aromatic N) is 3. The van der Waals surface area contributed by atoms with Crippen molar-refractivity contribution in [3.05, 3.63) is 102 Å². The first-order valence-corrected chi connectivity index (χ1v) is 11.6. The third-order valence-electron chi connectivity index (χ3n) is 6.04. The Morgan fingerprint density at radius 1 is 0.941 bits per heavy atom. The lowest BCUT2D eigenvalue weighted by atomic mass is 10.1. The Morgan fingerprint density at radius 3 is 2.44 bits per heavy atom. The maximum absolute atomic E-state index is 13.3. The number of aromatic nitrogens is 2. The molecule has 0 unspecified atom stereocenters. The van der Waals surface area contributed by atoms with Gasteiger partial charge in [0, 0.05) is 37.1 Å². The number of hydrogen-bond donors (Lipinski definition) is 1. The van der Waals surface area contributed by atoms with Crippen LogP contribution in [0.3, 0.4) is 0 Å². The van der Waals surface area contributed by atoms with Crippen molar-refractivity contribution in [3.8, 4) is 16.9 Å². The highest BCUT2D eigenvalue weighted by Crippen LogP contribution is 2.25. The SMILES string of the molecule is Cc1cccc(-c2nn(-c3ccccc3)cc2C(=O)NCc2ccc(N3CCOCC3)cc2)c1. The lowest BCUT2D eigenvalue weighted by molar-refractivity contribution is 0.0951. The van der Waals surface area contributed by atoms with Gasteiger partial charge in [-0.2, -0.15) is 5.10 Å². The Hall–Kier alpha value is -3.90. The zero-order valence-corrected chi connectivity index (χ0v) is 19.3. The van der Waals surface area contributed by atoms with E-state index in [1.54, 1.807) is 4.68 Å². The number of nitrogens with one attached hydrogen (secondary N) is 1. The van der Waals surface area contributed by atoms with Crippen LogP contribution in [0.25, 0.3) is 16.9 Å². The fraction of sp³-hybridized carbons (Fsp3) is 0.214. The van der Waals surface area contributed by atoms with Crippen molar-refractivity contribution in [2.45, 2.75) is 13.5 Å². The molecule has 0 radical (unpaired) electrons. The summed E-state index contributed by atoms with van der Waals surface area (Å²) in [4.78, 5) is 15.6. The predicted molar refractivity (Wildman–Crippen MR) is 134 cm³/mol. The second-order valence-corrected chi connectivity index (χ2v) is 8.49. The van der Waals surface area contributed by atoms with Gasteiger partial charge < -0.3 is 15.0 Å². The Balaban J connectivity index is 1.36. The fourth-order valence-corrected chi connectivity index (χ4v) is 4.18. The summed E-state index contributed by atoms with van der Waals surface area (Å²) in [5, 5.41) is 7.85. The Morgan fingerprint density at radius 2 is 1.71 bits per heavy atom. The number of benzene rings is 3. The summed E-state index contributed by atoms with van der Waals surface area (Å²) in [7, 11) is 0. The Bertz CT molecular complexity index is 1260. The minimum atomic E-state index is -0.143. The number of rotatable bonds is 6. The van der Waals surface area contributed by atoms with Gasteiger partial charge in [0.25, 0.3) is 5.91 Å². The van der Waals surface area contributed by atoms with E-state index >= 15 is 0 Å². The lowest BCUT2D eigenvalue weighted by Crippen LogP contribution is -2.36. The molecule has 5 rings (SSSR count). The number of anilines is 1. The predicted octanol–water partition coefficient (Wildman–Crippen LogP) is 4.61. The van der Waals surface area contributed by atoms with Crippen LogP contribution in [0.2, 0.25) is 0 Å². The standard InChI is InChI=1S/C28H28N4O2/c1-21-6-5-7-23(18-21)27-26(20-32(30-27)25-8-3-2-4-9-25)28(33)29-19-22-10-12-24(13-11-22)31-14-16-34-17-15-31/h2-13,18,20H,14-17,19H2,1H3,(H,29,33). The third kappa shape index (κ3) is 4.87. The first-order chi connectivity index (χ1) is 16.7. The summed E-state index contributed by atoms with van der Waals surface area (Å²) >= 11 is 0. The van der Waals surface area contributed by atoms with E-state index in [0.29, 0.717) is 17.8 Å². The van der Waals surface area contributed by atoms with E-state index in [1.165, 1.54) is 5.69 Å². The lowest BCUT2D eigenvalue weighted by Gasteiger charge is -2.28. The van der Waals surface area contributed by atoms with Crippen molar-refractivity contribution in [3.63, 3.8) is 0 Å². The second-order valence-electron chi connectivity index (χ2n) is 8.49. The minimum Gasteiger partial charge on any atom is -0.378 e. The summed E-state index contributed by atoms with van der Waals surface area (Å²) in [5.74, 6) is -0.143. The number of ether oxygens (including phenoxy) is 1. The van der Waals surface area contributed by atoms with Crippen LogP contribution in [0.4, 0.5) is 5.69 Å². The van der Waals surface area contributed by atoms with Crippen molar-refractivity contribution in [2.75, 3.05) is 31.2 Å². The molecule has 1 amide bonds. The highest BCUT2D eigenvalue weighted by Gasteiger charge is 2.19. The molecule has 0 bridgehead atoms. The molecule has 0 saturated carbocycles. The largest absolute Gasteiger partial charge is 0.378 e. The average molecular weight is 453 g/mol. The molecule has 172 valence electrons. The zero-order chi connectivity index (χ0) is 23.3. The second kappa shape index (κ2) is 9.93. The molecule has 1 aromatic heterocycles. The van der Waals surface area contributed by atoms with Crippen LogP contribution in [0.15, 0.2) is 85.1 Å². The van der Waals surface area contributed by atoms with Crippen molar-refractivity contribution in [1.82, 2.24) is 15.1 Å². The van der Waals surface area contributed by atoms with Crippen LogP contribution in [-0.2, 0) is 11.3 Å². The maximum atomic E-state index is 13.3. The quantitative estimate of drug-likeness (QED) is 0.464. The fourth-order valence-electron chi connectivity index (χ4n) is 4.18. The number of aryl methyl sites for hydroxylation is 1. The smallest absolute Gasteiger partial charge is 0.255 e. The molecular formula is C28H28N4O2. The van der Waals surface area contributed by atoms with Crippen LogP contribution in [0.5, 0.6) is 0 Å². The monoisotopic (exact) mass is 452 g/mol. The van der Waals surface area contributed by atoms with Gasteiger partial charge in [-0.3, -0.25) is 4.79 Å². The van der Waals surface area contributed by atoms with Gasteiger partial charge in [-0.15, -0.1) is 0 Å². The first-order valence-electron chi connectivity index (χ1n) is 11.6. The average Bonchev–Trinajstić information content (AvgIpc) is 3.35. The molecule has 1 aliphatic heterocycles. The van der Waals surface area contributed by atoms with E-state index in [2.05, 4.69) is 40.5 Å². The number of hydrogen-bond acceptors (Lipinski definition) is 4. The van der Waals surface area contributed by atoms with E-state index in [1.807, 2.05) is 61.7 Å². The van der Waals surface area contributed by atoms with Crippen LogP contribution in [0.1, 0.15) is 21.5 Å². The molecule has 4 aromatic rings. The summed E-state index contributed by atoms with van der Waals surface area (Å²) in [6.45, 7) is 5.83. The van der Waals surface area contributed by atoms with Gasteiger partial charge >= 0.3 is 0 Å².